The summed E-state index contributed by atoms with van der Waals surface area (Å²) in [5, 5.41) is 3.05. The van der Waals surface area contributed by atoms with E-state index >= 15 is 0 Å². The second-order valence-corrected chi connectivity index (χ2v) is 8.14. The highest BCUT2D eigenvalue weighted by Crippen LogP contribution is 2.27. The van der Waals surface area contributed by atoms with E-state index in [1.54, 1.807) is 6.07 Å². The largest absolute Gasteiger partial charge is 0.340 e. The molecule has 1 aliphatic heterocycles. The molecule has 0 bridgehead atoms. The Kier molecular flexibility index (Phi) is 6.49. The summed E-state index contributed by atoms with van der Waals surface area (Å²) in [6.45, 7) is 2.14. The van der Waals surface area contributed by atoms with Crippen LogP contribution in [0.4, 0.5) is 0 Å². The molecule has 1 aromatic rings. The molecule has 2 rings (SSSR count). The number of nitrogens with zero attached hydrogens (tertiary/aromatic N) is 1. The normalized spacial score (nSPS) is 16.5. The number of benzene rings is 1. The minimum absolute atomic E-state index is 0.00637. The topological polar surface area (TPSA) is 70.9 Å². The molecule has 1 heterocycles. The third-order valence-corrected chi connectivity index (χ3v) is 6.35. The Hall–Kier alpha value is -1.30. The van der Waals surface area contributed by atoms with Gasteiger partial charge in [-0.2, -0.15) is 4.31 Å². The zero-order valence-corrected chi connectivity index (χ0v) is 15.2. The lowest BCUT2D eigenvalue weighted by Crippen LogP contribution is -3.15. The van der Waals surface area contributed by atoms with Gasteiger partial charge >= 0.3 is 0 Å². The lowest BCUT2D eigenvalue weighted by atomic mass is 10.3. The van der Waals surface area contributed by atoms with E-state index in [2.05, 4.69) is 11.2 Å². The number of amides is 1. The molecule has 0 radical (unpaired) electrons. The maximum Gasteiger partial charge on any atom is 0.275 e. The predicted molar refractivity (Wildman–Crippen MR) is 92.6 cm³/mol. The third-order valence-electron chi connectivity index (χ3n) is 3.74. The number of hydrogen-bond acceptors (Lipinski definition) is 3. The lowest BCUT2D eigenvalue weighted by molar-refractivity contribution is -0.895. The van der Waals surface area contributed by atoms with Crippen LogP contribution < -0.4 is 10.2 Å². The number of sulfonamides is 1. The van der Waals surface area contributed by atoms with Crippen molar-refractivity contribution >= 4 is 39.1 Å². The molecule has 0 aromatic heterocycles. The van der Waals surface area contributed by atoms with E-state index in [4.69, 9.17) is 29.6 Å². The van der Waals surface area contributed by atoms with Gasteiger partial charge in [-0.05, 0) is 18.2 Å². The van der Waals surface area contributed by atoms with Crippen LogP contribution in [-0.4, -0.2) is 57.9 Å². The summed E-state index contributed by atoms with van der Waals surface area (Å²) >= 11 is 11.9. The fraction of sp³-hybridized carbons (Fsp3) is 0.400. The van der Waals surface area contributed by atoms with Gasteiger partial charge in [0.15, 0.2) is 6.54 Å². The van der Waals surface area contributed by atoms with Crippen LogP contribution in [0.15, 0.2) is 23.1 Å². The van der Waals surface area contributed by atoms with Crippen molar-refractivity contribution in [2.45, 2.75) is 4.90 Å². The summed E-state index contributed by atoms with van der Waals surface area (Å²) in [4.78, 5) is 12.7. The monoisotopic (exact) mass is 390 g/mol. The van der Waals surface area contributed by atoms with Gasteiger partial charge in [0.1, 0.15) is 4.90 Å². The minimum Gasteiger partial charge on any atom is -0.340 e. The molecule has 6 nitrogen and oxygen atoms in total. The fourth-order valence-corrected chi connectivity index (χ4v) is 4.65. The van der Waals surface area contributed by atoms with Gasteiger partial charge in [-0.15, -0.1) is 6.42 Å². The van der Waals surface area contributed by atoms with Crippen LogP contribution in [0.1, 0.15) is 0 Å². The molecule has 1 fully saturated rings. The molecule has 0 saturated carbocycles. The van der Waals surface area contributed by atoms with Crippen molar-refractivity contribution in [2.75, 3.05) is 39.3 Å². The summed E-state index contributed by atoms with van der Waals surface area (Å²) in [5.74, 6) is 2.20. The zero-order chi connectivity index (χ0) is 17.7. The number of carbonyl (C=O) groups excluding carboxylic acids is 1. The van der Waals surface area contributed by atoms with Crippen LogP contribution in [0.25, 0.3) is 0 Å². The SMILES string of the molecule is C#CCNC(=O)C[NH+]1CCN(S(=O)(=O)c2cc(Cl)ccc2Cl)CC1. The summed E-state index contributed by atoms with van der Waals surface area (Å²) in [5.41, 5.74) is 0. The van der Waals surface area contributed by atoms with Crippen molar-refractivity contribution in [1.82, 2.24) is 9.62 Å². The Bertz CT molecular complexity index is 754. The van der Waals surface area contributed by atoms with Gasteiger partial charge < -0.3 is 10.2 Å². The number of carbonyl (C=O) groups is 1. The summed E-state index contributed by atoms with van der Waals surface area (Å²) in [7, 11) is -3.70. The Morgan fingerprint density at radius 1 is 1.33 bits per heavy atom. The molecule has 9 heteroatoms. The summed E-state index contributed by atoms with van der Waals surface area (Å²) in [6.07, 6.45) is 5.09. The lowest BCUT2D eigenvalue weighted by Gasteiger charge is -2.31. The molecule has 0 unspecified atom stereocenters. The molecule has 2 N–H and O–H groups in total. The van der Waals surface area contributed by atoms with Gasteiger partial charge in [0.25, 0.3) is 5.91 Å². The highest BCUT2D eigenvalue weighted by Gasteiger charge is 2.32. The first kappa shape index (κ1) is 19.0. The van der Waals surface area contributed by atoms with Gasteiger partial charge in [-0.25, -0.2) is 8.42 Å². The van der Waals surface area contributed by atoms with E-state index in [1.165, 1.54) is 16.4 Å². The van der Waals surface area contributed by atoms with Gasteiger partial charge in [0, 0.05) is 5.02 Å². The van der Waals surface area contributed by atoms with E-state index in [1.807, 2.05) is 0 Å². The van der Waals surface area contributed by atoms with Crippen molar-refractivity contribution in [3.05, 3.63) is 28.2 Å². The van der Waals surface area contributed by atoms with Gasteiger partial charge in [0.2, 0.25) is 10.0 Å². The minimum atomic E-state index is -3.70. The van der Waals surface area contributed by atoms with Crippen molar-refractivity contribution in [3.63, 3.8) is 0 Å². The Morgan fingerprint density at radius 3 is 2.62 bits per heavy atom. The maximum absolute atomic E-state index is 12.7. The average molecular weight is 391 g/mol. The van der Waals surface area contributed by atoms with E-state index in [0.29, 0.717) is 31.2 Å². The quantitative estimate of drug-likeness (QED) is 0.674. The van der Waals surface area contributed by atoms with E-state index in [0.717, 1.165) is 4.90 Å². The first-order valence-corrected chi connectivity index (χ1v) is 9.53. The number of nitrogens with one attached hydrogen (secondary N) is 2. The Balaban J connectivity index is 2.00. The van der Waals surface area contributed by atoms with Crippen LogP contribution in [-0.2, 0) is 14.8 Å². The number of hydrogen-bond donors (Lipinski definition) is 2. The number of terminal acetylenes is 1. The van der Waals surface area contributed by atoms with E-state index in [-0.39, 0.29) is 28.9 Å². The molecule has 130 valence electrons. The number of halogens is 2. The predicted octanol–water partition coefficient (Wildman–Crippen LogP) is -0.368. The van der Waals surface area contributed by atoms with Crippen molar-refractivity contribution < 1.29 is 18.1 Å². The van der Waals surface area contributed by atoms with Crippen LogP contribution in [0.2, 0.25) is 10.0 Å². The van der Waals surface area contributed by atoms with Gasteiger partial charge in [-0.1, -0.05) is 29.1 Å². The number of piperazine rings is 1. The van der Waals surface area contributed by atoms with Crippen molar-refractivity contribution in [1.29, 1.82) is 0 Å². The molecule has 1 saturated heterocycles. The Labute approximate surface area is 151 Å². The standard InChI is InChI=1S/C15H17Cl2N3O3S/c1-2-5-18-15(21)11-19-6-8-20(9-7-19)24(22,23)14-10-12(16)3-4-13(14)17/h1,3-4,10H,5-9,11H2,(H,18,21)/p+1. The van der Waals surface area contributed by atoms with E-state index < -0.39 is 10.0 Å². The summed E-state index contributed by atoms with van der Waals surface area (Å²) < 4.78 is 26.8. The smallest absolute Gasteiger partial charge is 0.275 e. The molecule has 1 aliphatic rings. The maximum atomic E-state index is 12.7. The van der Waals surface area contributed by atoms with Crippen LogP contribution in [0.3, 0.4) is 0 Å². The first-order chi connectivity index (χ1) is 11.3. The van der Waals surface area contributed by atoms with Gasteiger partial charge in [-0.3, -0.25) is 4.79 Å². The number of rotatable bonds is 5. The summed E-state index contributed by atoms with van der Waals surface area (Å²) in [6, 6.07) is 4.36. The molecular formula is C15H18Cl2N3O3S+. The second-order valence-electron chi connectivity index (χ2n) is 5.39. The van der Waals surface area contributed by atoms with Crippen molar-refractivity contribution in [2.24, 2.45) is 0 Å². The highest BCUT2D eigenvalue weighted by molar-refractivity contribution is 7.89. The fourth-order valence-electron chi connectivity index (χ4n) is 2.47. The first-order valence-electron chi connectivity index (χ1n) is 7.33. The molecule has 1 amide bonds. The molecule has 1 aromatic carbocycles. The molecule has 24 heavy (non-hydrogen) atoms. The second kappa shape index (κ2) is 8.19. The van der Waals surface area contributed by atoms with E-state index in [9.17, 15) is 13.2 Å². The molecule has 0 atom stereocenters. The number of quaternary nitrogens is 1. The molecular weight excluding hydrogens is 373 g/mol. The molecule has 0 aliphatic carbocycles. The van der Waals surface area contributed by atoms with Gasteiger partial charge in [0.05, 0.1) is 37.7 Å². The highest BCUT2D eigenvalue weighted by atomic mass is 35.5. The van der Waals surface area contributed by atoms with Crippen molar-refractivity contribution in [3.8, 4) is 12.3 Å². The van der Waals surface area contributed by atoms with Crippen LogP contribution >= 0.6 is 23.2 Å². The Morgan fingerprint density at radius 2 is 2.00 bits per heavy atom. The third kappa shape index (κ3) is 4.62. The molecule has 0 spiro atoms. The van der Waals surface area contributed by atoms with Crippen LogP contribution in [0.5, 0.6) is 0 Å². The van der Waals surface area contributed by atoms with Crippen LogP contribution in [0, 0.1) is 12.3 Å². The average Bonchev–Trinajstić information content (AvgIpc) is 2.55. The zero-order valence-electron chi connectivity index (χ0n) is 12.9.